The zero-order valence-electron chi connectivity index (χ0n) is 17.3. The van der Waals surface area contributed by atoms with Gasteiger partial charge in [-0.25, -0.2) is 14.8 Å². The second-order valence-electron chi connectivity index (χ2n) is 7.20. The van der Waals surface area contributed by atoms with E-state index < -0.39 is 18.4 Å². The number of nitrogens with zero attached hydrogens (tertiary/aromatic N) is 2. The number of esters is 1. The second-order valence-corrected chi connectivity index (χ2v) is 8.05. The first-order chi connectivity index (χ1) is 16.5. The summed E-state index contributed by atoms with van der Waals surface area (Å²) < 4.78 is 16.2. The minimum atomic E-state index is -0.684. The molecule has 5 aromatic rings. The third kappa shape index (κ3) is 4.31. The van der Waals surface area contributed by atoms with E-state index in [0.29, 0.717) is 39.0 Å². The molecular weight excluding hydrogens is 479 g/mol. The fourth-order valence-corrected chi connectivity index (χ4v) is 3.87. The molecule has 2 aromatic carbocycles. The Morgan fingerprint density at radius 2 is 1.50 bits per heavy atom. The third-order valence-corrected chi connectivity index (χ3v) is 5.52. The molecule has 7 nitrogen and oxygen atoms in total. The molecule has 0 aliphatic carbocycles. The quantitative estimate of drug-likeness (QED) is 0.197. The number of halogens is 2. The molecule has 0 fully saturated rings. The van der Waals surface area contributed by atoms with Gasteiger partial charge in [0.15, 0.2) is 18.1 Å². The highest BCUT2D eigenvalue weighted by Gasteiger charge is 2.19. The van der Waals surface area contributed by atoms with Crippen LogP contribution in [-0.2, 0) is 4.74 Å². The van der Waals surface area contributed by atoms with Crippen molar-refractivity contribution in [3.05, 3.63) is 94.4 Å². The van der Waals surface area contributed by atoms with Gasteiger partial charge in [0, 0.05) is 10.6 Å². The number of ketones is 1. The van der Waals surface area contributed by atoms with E-state index in [-0.39, 0.29) is 16.1 Å². The van der Waals surface area contributed by atoms with Gasteiger partial charge in [-0.15, -0.1) is 0 Å². The maximum absolute atomic E-state index is 12.6. The Kier molecular flexibility index (Phi) is 5.88. The van der Waals surface area contributed by atoms with Crippen LogP contribution in [0.4, 0.5) is 0 Å². The van der Waals surface area contributed by atoms with Gasteiger partial charge in [0.2, 0.25) is 5.78 Å². The molecule has 3 aromatic heterocycles. The predicted molar refractivity (Wildman–Crippen MR) is 126 cm³/mol. The fraction of sp³-hybridized carbons (Fsp3) is 0.0400. The number of fused-ring (bicyclic) bond motifs is 1. The van der Waals surface area contributed by atoms with Gasteiger partial charge in [-0.3, -0.25) is 4.79 Å². The normalized spacial score (nSPS) is 11.0. The summed E-state index contributed by atoms with van der Waals surface area (Å²) in [5.41, 5.74) is 2.40. The summed E-state index contributed by atoms with van der Waals surface area (Å²) in [7, 11) is 0. The summed E-state index contributed by atoms with van der Waals surface area (Å²) in [6, 6.07) is 16.3. The fourth-order valence-electron chi connectivity index (χ4n) is 3.36. The molecule has 0 aliphatic heterocycles. The topological polar surface area (TPSA) is 95.4 Å². The Bertz CT molecular complexity index is 1510. The Morgan fingerprint density at radius 3 is 2.12 bits per heavy atom. The SMILES string of the molecule is O=C(OCC(=O)c1ccc(Cl)cc1Cl)c1ccc2nc(-c3ccco3)c(-c3ccco3)nc2c1. The number of benzene rings is 2. The van der Waals surface area contributed by atoms with Crippen LogP contribution in [0.5, 0.6) is 0 Å². The largest absolute Gasteiger partial charge is 0.463 e. The van der Waals surface area contributed by atoms with Crippen molar-refractivity contribution in [1.29, 1.82) is 0 Å². The maximum atomic E-state index is 12.6. The number of hydrogen-bond acceptors (Lipinski definition) is 7. The van der Waals surface area contributed by atoms with Crippen molar-refractivity contribution in [2.45, 2.75) is 0 Å². The van der Waals surface area contributed by atoms with Crippen molar-refractivity contribution >= 4 is 46.0 Å². The molecule has 0 saturated carbocycles. The zero-order valence-corrected chi connectivity index (χ0v) is 18.8. The monoisotopic (exact) mass is 492 g/mol. The Balaban J connectivity index is 1.42. The van der Waals surface area contributed by atoms with Gasteiger partial charge in [-0.1, -0.05) is 23.2 Å². The first-order valence-electron chi connectivity index (χ1n) is 10.0. The van der Waals surface area contributed by atoms with Gasteiger partial charge in [0.05, 0.1) is 34.1 Å². The minimum Gasteiger partial charge on any atom is -0.463 e. The van der Waals surface area contributed by atoms with E-state index in [2.05, 4.69) is 9.97 Å². The van der Waals surface area contributed by atoms with Crippen LogP contribution in [0, 0.1) is 0 Å². The Labute approximate surface area is 202 Å². The lowest BCUT2D eigenvalue weighted by Crippen LogP contribution is -2.14. The first kappa shape index (κ1) is 21.9. The summed E-state index contributed by atoms with van der Waals surface area (Å²) >= 11 is 11.9. The maximum Gasteiger partial charge on any atom is 0.338 e. The van der Waals surface area contributed by atoms with E-state index in [4.69, 9.17) is 36.8 Å². The number of carbonyl (C=O) groups excluding carboxylic acids is 2. The van der Waals surface area contributed by atoms with Crippen LogP contribution in [0.3, 0.4) is 0 Å². The molecule has 5 rings (SSSR count). The lowest BCUT2D eigenvalue weighted by molar-refractivity contribution is 0.0475. The first-order valence-corrected chi connectivity index (χ1v) is 10.8. The van der Waals surface area contributed by atoms with Crippen LogP contribution >= 0.6 is 23.2 Å². The second kappa shape index (κ2) is 9.13. The number of aromatic nitrogens is 2. The van der Waals surface area contributed by atoms with Gasteiger partial charge in [0.25, 0.3) is 0 Å². The van der Waals surface area contributed by atoms with Crippen molar-refractivity contribution in [1.82, 2.24) is 9.97 Å². The molecule has 0 bridgehead atoms. The third-order valence-electron chi connectivity index (χ3n) is 4.97. The van der Waals surface area contributed by atoms with Crippen LogP contribution in [-0.4, -0.2) is 28.3 Å². The lowest BCUT2D eigenvalue weighted by atomic mass is 10.1. The molecule has 0 spiro atoms. The lowest BCUT2D eigenvalue weighted by Gasteiger charge is -2.09. The van der Waals surface area contributed by atoms with E-state index in [1.165, 1.54) is 24.5 Å². The molecule has 168 valence electrons. The molecule has 0 unspecified atom stereocenters. The van der Waals surface area contributed by atoms with Crippen LogP contribution in [0.15, 0.2) is 82.0 Å². The minimum absolute atomic E-state index is 0.187. The number of furan rings is 2. The highest BCUT2D eigenvalue weighted by atomic mass is 35.5. The van der Waals surface area contributed by atoms with E-state index >= 15 is 0 Å². The highest BCUT2D eigenvalue weighted by molar-refractivity contribution is 6.36. The van der Waals surface area contributed by atoms with Gasteiger partial charge in [-0.05, 0) is 60.7 Å². The summed E-state index contributed by atoms with van der Waals surface area (Å²) in [5, 5.41) is 0.590. The standard InChI is InChI=1S/C25H14Cl2N2O5/c26-15-6-7-16(17(27)12-15)20(30)13-34-25(31)14-5-8-18-19(11-14)29-24(22-4-2-10-33-22)23(28-18)21-3-1-9-32-21/h1-12H,13H2. The predicted octanol–water partition coefficient (Wildman–Crippen LogP) is 6.50. The van der Waals surface area contributed by atoms with Gasteiger partial charge < -0.3 is 13.6 Å². The summed E-state index contributed by atoms with van der Waals surface area (Å²) in [4.78, 5) is 34.3. The van der Waals surface area contributed by atoms with Crippen molar-refractivity contribution < 1.29 is 23.2 Å². The number of Topliss-reactive ketones (excluding diaryl/α,β-unsaturated/α-hetero) is 1. The van der Waals surface area contributed by atoms with Gasteiger partial charge >= 0.3 is 5.97 Å². The van der Waals surface area contributed by atoms with Crippen LogP contribution < -0.4 is 0 Å². The summed E-state index contributed by atoms with van der Waals surface area (Å²) in [5.74, 6) is -0.0986. The van der Waals surface area contributed by atoms with E-state index in [1.54, 1.807) is 48.7 Å². The molecule has 0 saturated heterocycles. The molecule has 34 heavy (non-hydrogen) atoms. The average Bonchev–Trinajstić information content (AvgIpc) is 3.56. The van der Waals surface area contributed by atoms with Crippen LogP contribution in [0.25, 0.3) is 33.9 Å². The molecule has 0 aliphatic rings. The molecule has 0 atom stereocenters. The van der Waals surface area contributed by atoms with Gasteiger partial charge in [0.1, 0.15) is 11.4 Å². The Morgan fingerprint density at radius 1 is 0.824 bits per heavy atom. The van der Waals surface area contributed by atoms with Crippen molar-refractivity contribution in [2.24, 2.45) is 0 Å². The van der Waals surface area contributed by atoms with Gasteiger partial charge in [-0.2, -0.15) is 0 Å². The number of hydrogen-bond donors (Lipinski definition) is 0. The van der Waals surface area contributed by atoms with Crippen molar-refractivity contribution in [3.63, 3.8) is 0 Å². The molecule has 3 heterocycles. The van der Waals surface area contributed by atoms with Crippen molar-refractivity contribution in [3.8, 4) is 22.9 Å². The van der Waals surface area contributed by atoms with Crippen LogP contribution in [0.2, 0.25) is 10.0 Å². The van der Waals surface area contributed by atoms with E-state index in [0.717, 1.165) is 0 Å². The Hall–Kier alpha value is -3.94. The van der Waals surface area contributed by atoms with Crippen LogP contribution in [0.1, 0.15) is 20.7 Å². The number of rotatable bonds is 6. The zero-order chi connectivity index (χ0) is 23.7. The smallest absolute Gasteiger partial charge is 0.338 e. The number of ether oxygens (including phenoxy) is 1. The average molecular weight is 493 g/mol. The summed E-state index contributed by atoms with van der Waals surface area (Å²) in [6.07, 6.45) is 3.08. The molecule has 0 N–H and O–H groups in total. The molecule has 0 radical (unpaired) electrons. The van der Waals surface area contributed by atoms with E-state index in [9.17, 15) is 9.59 Å². The van der Waals surface area contributed by atoms with Crippen molar-refractivity contribution in [2.75, 3.05) is 6.61 Å². The van der Waals surface area contributed by atoms with E-state index in [1.807, 2.05) is 0 Å². The molecular formula is C25H14Cl2N2O5. The highest BCUT2D eigenvalue weighted by Crippen LogP contribution is 2.31. The molecule has 9 heteroatoms. The summed E-state index contributed by atoms with van der Waals surface area (Å²) in [6.45, 7) is -0.473. The number of carbonyl (C=O) groups is 2. The molecule has 0 amide bonds.